The van der Waals surface area contributed by atoms with Gasteiger partial charge in [0, 0.05) is 5.69 Å². The second-order valence-corrected chi connectivity index (χ2v) is 5.81. The van der Waals surface area contributed by atoms with E-state index in [-0.39, 0.29) is 5.97 Å². The molecule has 3 nitrogen and oxygen atoms in total. The Morgan fingerprint density at radius 1 is 1.29 bits per heavy atom. The van der Waals surface area contributed by atoms with Crippen LogP contribution in [-0.4, -0.2) is 18.1 Å². The van der Waals surface area contributed by atoms with Crippen LogP contribution in [0.25, 0.3) is 0 Å². The SMILES string of the molecule is CCOC(=O)C(CC)(CC(C)CC)Nc1ccccc1C. The summed E-state index contributed by atoms with van der Waals surface area (Å²) in [5.74, 6) is 0.321. The van der Waals surface area contributed by atoms with Gasteiger partial charge in [0.2, 0.25) is 0 Å². The maximum Gasteiger partial charge on any atom is 0.331 e. The highest BCUT2D eigenvalue weighted by Gasteiger charge is 2.39. The highest BCUT2D eigenvalue weighted by molar-refractivity contribution is 5.85. The van der Waals surface area contributed by atoms with Crippen molar-refractivity contribution in [2.45, 2.75) is 59.4 Å². The van der Waals surface area contributed by atoms with Crippen molar-refractivity contribution >= 4 is 11.7 Å². The number of para-hydroxylation sites is 1. The van der Waals surface area contributed by atoms with Gasteiger partial charge in [0.05, 0.1) is 6.61 Å². The highest BCUT2D eigenvalue weighted by atomic mass is 16.5. The number of ether oxygens (including phenoxy) is 1. The van der Waals surface area contributed by atoms with Crippen molar-refractivity contribution in [1.82, 2.24) is 0 Å². The minimum Gasteiger partial charge on any atom is -0.464 e. The van der Waals surface area contributed by atoms with Crippen LogP contribution in [0.4, 0.5) is 5.69 Å². The van der Waals surface area contributed by atoms with Crippen molar-refractivity contribution in [3.63, 3.8) is 0 Å². The van der Waals surface area contributed by atoms with Crippen LogP contribution >= 0.6 is 0 Å². The van der Waals surface area contributed by atoms with Crippen molar-refractivity contribution < 1.29 is 9.53 Å². The Balaban J connectivity index is 3.10. The molecule has 0 radical (unpaired) electrons. The Morgan fingerprint density at radius 3 is 2.48 bits per heavy atom. The fourth-order valence-electron chi connectivity index (χ4n) is 2.54. The lowest BCUT2D eigenvalue weighted by Crippen LogP contribution is -2.48. The van der Waals surface area contributed by atoms with Gasteiger partial charge in [-0.1, -0.05) is 45.4 Å². The molecule has 0 aliphatic rings. The zero-order chi connectivity index (χ0) is 15.9. The number of nitrogens with one attached hydrogen (secondary N) is 1. The molecular formula is C18H29NO2. The van der Waals surface area contributed by atoms with Gasteiger partial charge in [-0.3, -0.25) is 0 Å². The molecule has 21 heavy (non-hydrogen) atoms. The predicted molar refractivity (Wildman–Crippen MR) is 88.5 cm³/mol. The zero-order valence-electron chi connectivity index (χ0n) is 14.0. The molecule has 3 heteroatoms. The molecule has 0 aromatic heterocycles. The second kappa shape index (κ2) is 8.06. The number of carbonyl (C=O) groups excluding carboxylic acids is 1. The van der Waals surface area contributed by atoms with Gasteiger partial charge in [-0.05, 0) is 44.2 Å². The Bertz CT molecular complexity index is 458. The lowest BCUT2D eigenvalue weighted by molar-refractivity contribution is -0.149. The molecule has 0 saturated heterocycles. The number of carbonyl (C=O) groups is 1. The minimum absolute atomic E-state index is 0.143. The van der Waals surface area contributed by atoms with E-state index in [1.807, 2.05) is 32.0 Å². The van der Waals surface area contributed by atoms with Gasteiger partial charge in [-0.25, -0.2) is 4.79 Å². The first-order valence-corrected chi connectivity index (χ1v) is 8.00. The molecule has 0 aliphatic heterocycles. The number of benzene rings is 1. The highest BCUT2D eigenvalue weighted by Crippen LogP contribution is 2.30. The summed E-state index contributed by atoms with van der Waals surface area (Å²) < 4.78 is 5.35. The van der Waals surface area contributed by atoms with Gasteiger partial charge in [0.15, 0.2) is 0 Å². The Hall–Kier alpha value is -1.51. The summed E-state index contributed by atoms with van der Waals surface area (Å²) in [6.45, 7) is 10.7. The maximum atomic E-state index is 12.6. The summed E-state index contributed by atoms with van der Waals surface area (Å²) in [5, 5.41) is 3.49. The molecule has 0 bridgehead atoms. The van der Waals surface area contributed by atoms with Crippen molar-refractivity contribution in [2.75, 3.05) is 11.9 Å². The Morgan fingerprint density at radius 2 is 1.95 bits per heavy atom. The van der Waals surface area contributed by atoms with Crippen molar-refractivity contribution in [3.8, 4) is 0 Å². The van der Waals surface area contributed by atoms with Crippen LogP contribution in [-0.2, 0) is 9.53 Å². The molecule has 0 saturated carbocycles. The summed E-state index contributed by atoms with van der Waals surface area (Å²) in [7, 11) is 0. The van der Waals surface area contributed by atoms with Gasteiger partial charge >= 0.3 is 5.97 Å². The molecule has 0 spiro atoms. The van der Waals surface area contributed by atoms with Crippen LogP contribution in [0.15, 0.2) is 24.3 Å². The van der Waals surface area contributed by atoms with E-state index < -0.39 is 5.54 Å². The molecular weight excluding hydrogens is 262 g/mol. The molecule has 1 N–H and O–H groups in total. The van der Waals surface area contributed by atoms with E-state index in [2.05, 4.69) is 32.2 Å². The molecule has 2 unspecified atom stereocenters. The Labute approximate surface area is 129 Å². The quantitative estimate of drug-likeness (QED) is 0.714. The summed E-state index contributed by atoms with van der Waals surface area (Å²) in [4.78, 5) is 12.6. The molecule has 1 aromatic carbocycles. The first kappa shape index (κ1) is 17.5. The molecule has 0 fully saturated rings. The van der Waals surface area contributed by atoms with E-state index in [1.165, 1.54) is 0 Å². The van der Waals surface area contributed by atoms with E-state index in [9.17, 15) is 4.79 Å². The number of aryl methyl sites for hydroxylation is 1. The second-order valence-electron chi connectivity index (χ2n) is 5.81. The van der Waals surface area contributed by atoms with Crippen LogP contribution in [0.1, 0.15) is 52.5 Å². The standard InChI is InChI=1S/C18H29NO2/c1-6-14(4)13-18(7-2,17(20)21-8-3)19-16-12-10-9-11-15(16)5/h9-12,14,19H,6-8,13H2,1-5H3. The van der Waals surface area contributed by atoms with Crippen molar-refractivity contribution in [1.29, 1.82) is 0 Å². The van der Waals surface area contributed by atoms with Crippen LogP contribution in [0.2, 0.25) is 0 Å². The minimum atomic E-state index is -0.641. The van der Waals surface area contributed by atoms with E-state index in [1.54, 1.807) is 0 Å². The zero-order valence-corrected chi connectivity index (χ0v) is 14.0. The van der Waals surface area contributed by atoms with E-state index in [4.69, 9.17) is 4.74 Å². The van der Waals surface area contributed by atoms with Crippen molar-refractivity contribution in [2.24, 2.45) is 5.92 Å². The molecule has 118 valence electrons. The number of hydrogen-bond acceptors (Lipinski definition) is 3. The maximum absolute atomic E-state index is 12.6. The lowest BCUT2D eigenvalue weighted by atomic mass is 9.84. The van der Waals surface area contributed by atoms with Gasteiger partial charge in [-0.2, -0.15) is 0 Å². The molecule has 0 amide bonds. The van der Waals surface area contributed by atoms with Crippen molar-refractivity contribution in [3.05, 3.63) is 29.8 Å². The van der Waals surface area contributed by atoms with E-state index >= 15 is 0 Å². The smallest absolute Gasteiger partial charge is 0.331 e. The molecule has 0 aliphatic carbocycles. The predicted octanol–water partition coefficient (Wildman–Crippen LogP) is 4.56. The number of rotatable bonds is 8. The number of hydrogen-bond donors (Lipinski definition) is 1. The summed E-state index contributed by atoms with van der Waals surface area (Å²) in [6, 6.07) is 8.07. The Kier molecular flexibility index (Phi) is 6.73. The number of esters is 1. The van der Waals surface area contributed by atoms with E-state index in [0.29, 0.717) is 18.9 Å². The molecule has 0 heterocycles. The molecule has 1 rings (SSSR count). The third-order valence-corrected chi connectivity index (χ3v) is 4.18. The third kappa shape index (κ3) is 4.48. The average molecular weight is 291 g/mol. The van der Waals surface area contributed by atoms with Crippen LogP contribution < -0.4 is 5.32 Å². The first-order valence-electron chi connectivity index (χ1n) is 8.00. The summed E-state index contributed by atoms with van der Waals surface area (Å²) >= 11 is 0. The summed E-state index contributed by atoms with van der Waals surface area (Å²) in [6.07, 6.45) is 2.55. The van der Waals surface area contributed by atoms with Gasteiger partial charge < -0.3 is 10.1 Å². The lowest BCUT2D eigenvalue weighted by Gasteiger charge is -2.35. The van der Waals surface area contributed by atoms with Crippen LogP contribution in [0.5, 0.6) is 0 Å². The van der Waals surface area contributed by atoms with Crippen LogP contribution in [0.3, 0.4) is 0 Å². The van der Waals surface area contributed by atoms with Gasteiger partial charge in [-0.15, -0.1) is 0 Å². The van der Waals surface area contributed by atoms with E-state index in [0.717, 1.165) is 24.1 Å². The van der Waals surface area contributed by atoms with Gasteiger partial charge in [0.1, 0.15) is 5.54 Å². The fraction of sp³-hybridized carbons (Fsp3) is 0.611. The fourth-order valence-corrected chi connectivity index (χ4v) is 2.54. The largest absolute Gasteiger partial charge is 0.464 e. The van der Waals surface area contributed by atoms with Crippen LogP contribution in [0, 0.1) is 12.8 Å². The van der Waals surface area contributed by atoms with Gasteiger partial charge in [0.25, 0.3) is 0 Å². The monoisotopic (exact) mass is 291 g/mol. The first-order chi connectivity index (χ1) is 9.99. The summed E-state index contributed by atoms with van der Waals surface area (Å²) in [5.41, 5.74) is 1.51. The average Bonchev–Trinajstić information content (AvgIpc) is 2.48. The molecule has 2 atom stereocenters. The molecule has 1 aromatic rings. The third-order valence-electron chi connectivity index (χ3n) is 4.18. The topological polar surface area (TPSA) is 38.3 Å². The normalized spacial score (nSPS) is 15.1. The number of anilines is 1.